The van der Waals surface area contributed by atoms with Crippen LogP contribution >= 0.6 is 11.6 Å². The maximum atomic E-state index is 13.7. The molecule has 0 spiro atoms. The molecular weight excluding hydrogens is 564 g/mol. The van der Waals surface area contributed by atoms with Gasteiger partial charge in [-0.25, -0.2) is 23.4 Å². The van der Waals surface area contributed by atoms with Crippen LogP contribution in [0.2, 0.25) is 5.02 Å². The molecule has 2 atom stereocenters. The molecule has 3 aromatic rings. The molecule has 0 aliphatic rings. The summed E-state index contributed by atoms with van der Waals surface area (Å²) in [6, 6.07) is 7.47. The molecule has 220 valence electrons. The van der Waals surface area contributed by atoms with Crippen molar-refractivity contribution in [3.05, 3.63) is 70.9 Å². The number of halogens is 3. The molecule has 3 rings (SSSR count). The van der Waals surface area contributed by atoms with Gasteiger partial charge in [0.05, 0.1) is 24.3 Å². The van der Waals surface area contributed by atoms with Gasteiger partial charge in [-0.05, 0) is 54.1 Å². The number of esters is 1. The first-order valence-corrected chi connectivity index (χ1v) is 12.9. The summed E-state index contributed by atoms with van der Waals surface area (Å²) < 4.78 is 37.6. The Hall–Kier alpha value is -4.07. The summed E-state index contributed by atoms with van der Waals surface area (Å²) in [7, 11) is 1.47. The van der Waals surface area contributed by atoms with E-state index in [1.165, 1.54) is 48.5 Å². The number of rotatable bonds is 12. The van der Waals surface area contributed by atoms with Crippen molar-refractivity contribution in [2.45, 2.75) is 31.5 Å². The maximum Gasteiger partial charge on any atom is 0.412 e. The summed E-state index contributed by atoms with van der Waals surface area (Å²) in [4.78, 5) is 42.5. The number of carbonyl (C=O) groups excluding carboxylic acids is 3. The number of aliphatic hydroxyl groups excluding tert-OH is 1. The van der Waals surface area contributed by atoms with Gasteiger partial charge < -0.3 is 30.5 Å². The molecule has 41 heavy (non-hydrogen) atoms. The Kier molecular flexibility index (Phi) is 11.6. The number of nitrogens with two attached hydrogens (primary N) is 1. The number of pyridine rings is 1. The number of nitrogens with one attached hydrogen (secondary N) is 2. The van der Waals surface area contributed by atoms with E-state index in [0.29, 0.717) is 16.3 Å². The number of benzene rings is 2. The normalized spacial score (nSPS) is 12.3. The standard InChI is InChI=1S/C27H30ClF2N5O6/c1-35(26(38)33-13-17-4-2-6-21(30)24(17)28)20(5-3-9-40-25(37)22(31)14-36)15-41-27(39)34-23-11-18-10-19(29)8-7-16(18)12-32-23/h2,4,6-8,10-12,20,22,36H,3,5,9,13-15,31H2,1H3,(H,33,38)(H,32,34,39)/t20-,22+/m0/s1. The van der Waals surface area contributed by atoms with Crippen LogP contribution in [0.15, 0.2) is 48.7 Å². The summed E-state index contributed by atoms with van der Waals surface area (Å²) in [6.07, 6.45) is 1.12. The lowest BCUT2D eigenvalue weighted by Crippen LogP contribution is -2.46. The molecule has 0 unspecified atom stereocenters. The quantitative estimate of drug-likeness (QED) is 0.183. The lowest BCUT2D eigenvalue weighted by Gasteiger charge is -2.28. The minimum absolute atomic E-state index is 0.0544. The van der Waals surface area contributed by atoms with Crippen molar-refractivity contribution in [1.82, 2.24) is 15.2 Å². The summed E-state index contributed by atoms with van der Waals surface area (Å²) in [5.74, 6) is -1.70. The third-order valence-corrected chi connectivity index (χ3v) is 6.50. The number of likely N-dealkylation sites (N-methyl/N-ethyl adjacent to an activating group) is 1. The van der Waals surface area contributed by atoms with Crippen molar-refractivity contribution in [2.24, 2.45) is 5.73 Å². The van der Waals surface area contributed by atoms with Crippen molar-refractivity contribution in [3.8, 4) is 0 Å². The second-order valence-corrected chi connectivity index (χ2v) is 9.40. The number of urea groups is 1. The number of carbonyl (C=O) groups is 3. The van der Waals surface area contributed by atoms with Crippen molar-refractivity contribution in [1.29, 1.82) is 0 Å². The van der Waals surface area contributed by atoms with Gasteiger partial charge in [-0.15, -0.1) is 0 Å². The van der Waals surface area contributed by atoms with Crippen molar-refractivity contribution in [3.63, 3.8) is 0 Å². The fraction of sp³-hybridized carbons (Fsp3) is 0.333. The second-order valence-electron chi connectivity index (χ2n) is 9.02. The molecule has 11 nitrogen and oxygen atoms in total. The van der Waals surface area contributed by atoms with Crippen molar-refractivity contribution < 1.29 is 37.7 Å². The van der Waals surface area contributed by atoms with Crippen LogP contribution in [0.3, 0.4) is 0 Å². The topological polar surface area (TPSA) is 156 Å². The zero-order valence-electron chi connectivity index (χ0n) is 22.1. The highest BCUT2D eigenvalue weighted by atomic mass is 35.5. The third-order valence-electron chi connectivity index (χ3n) is 6.08. The van der Waals surface area contributed by atoms with E-state index in [9.17, 15) is 23.2 Å². The van der Waals surface area contributed by atoms with Gasteiger partial charge in [-0.3, -0.25) is 10.1 Å². The van der Waals surface area contributed by atoms with E-state index in [4.69, 9.17) is 31.9 Å². The number of fused-ring (bicyclic) bond motifs is 1. The Morgan fingerprint density at radius 3 is 2.68 bits per heavy atom. The summed E-state index contributed by atoms with van der Waals surface area (Å²) in [5, 5.41) is 15.2. The molecule has 5 N–H and O–H groups in total. The van der Waals surface area contributed by atoms with Gasteiger partial charge in [-0.1, -0.05) is 23.7 Å². The highest BCUT2D eigenvalue weighted by Crippen LogP contribution is 2.20. The second kappa shape index (κ2) is 15.1. The predicted octanol–water partition coefficient (Wildman–Crippen LogP) is 3.57. The first-order valence-electron chi connectivity index (χ1n) is 12.5. The number of amides is 3. The zero-order valence-corrected chi connectivity index (χ0v) is 22.9. The van der Waals surface area contributed by atoms with Crippen LogP contribution in [-0.4, -0.2) is 72.0 Å². The van der Waals surface area contributed by atoms with Crippen LogP contribution in [-0.2, 0) is 20.8 Å². The first kappa shape index (κ1) is 31.5. The third kappa shape index (κ3) is 9.23. The molecule has 1 heterocycles. The highest BCUT2D eigenvalue weighted by Gasteiger charge is 2.23. The average Bonchev–Trinajstić information content (AvgIpc) is 2.96. The van der Waals surface area contributed by atoms with Gasteiger partial charge in [0.15, 0.2) is 0 Å². The van der Waals surface area contributed by atoms with E-state index in [-0.39, 0.29) is 43.4 Å². The largest absolute Gasteiger partial charge is 0.464 e. The van der Waals surface area contributed by atoms with E-state index in [0.717, 1.165) is 0 Å². The predicted molar refractivity (Wildman–Crippen MR) is 147 cm³/mol. The Morgan fingerprint density at radius 1 is 1.15 bits per heavy atom. The molecule has 0 aliphatic heterocycles. The minimum atomic E-state index is -1.17. The van der Waals surface area contributed by atoms with Crippen molar-refractivity contribution in [2.75, 3.05) is 32.2 Å². The van der Waals surface area contributed by atoms with Crippen LogP contribution in [0.5, 0.6) is 0 Å². The Bertz CT molecular complexity index is 1380. The first-order chi connectivity index (χ1) is 19.6. The van der Waals surface area contributed by atoms with E-state index in [2.05, 4.69) is 15.6 Å². The smallest absolute Gasteiger partial charge is 0.412 e. The average molecular weight is 594 g/mol. The Balaban J connectivity index is 1.61. The van der Waals surface area contributed by atoms with Gasteiger partial charge in [0, 0.05) is 25.2 Å². The highest BCUT2D eigenvalue weighted by molar-refractivity contribution is 6.31. The molecule has 0 saturated heterocycles. The molecule has 1 aromatic heterocycles. The van der Waals surface area contributed by atoms with Gasteiger partial charge in [0.1, 0.15) is 30.1 Å². The number of aromatic nitrogens is 1. The van der Waals surface area contributed by atoms with Crippen LogP contribution in [0.1, 0.15) is 18.4 Å². The summed E-state index contributed by atoms with van der Waals surface area (Å²) in [6.45, 7) is -0.924. The molecule has 0 bridgehead atoms. The number of hydrogen-bond donors (Lipinski definition) is 4. The number of ether oxygens (including phenoxy) is 2. The van der Waals surface area contributed by atoms with Gasteiger partial charge >= 0.3 is 18.1 Å². The van der Waals surface area contributed by atoms with Crippen molar-refractivity contribution >= 4 is 46.3 Å². The van der Waals surface area contributed by atoms with E-state index in [1.54, 1.807) is 12.1 Å². The number of aliphatic hydroxyl groups is 1. The zero-order chi connectivity index (χ0) is 29.9. The fourth-order valence-corrected chi connectivity index (χ4v) is 3.89. The van der Waals surface area contributed by atoms with Gasteiger partial charge in [0.2, 0.25) is 0 Å². The maximum absolute atomic E-state index is 13.7. The Morgan fingerprint density at radius 2 is 1.93 bits per heavy atom. The summed E-state index contributed by atoms with van der Waals surface area (Å²) >= 11 is 5.96. The fourth-order valence-electron chi connectivity index (χ4n) is 3.70. The number of hydrogen-bond acceptors (Lipinski definition) is 8. The summed E-state index contributed by atoms with van der Waals surface area (Å²) in [5.41, 5.74) is 5.79. The monoisotopic (exact) mass is 593 g/mol. The van der Waals surface area contributed by atoms with Gasteiger partial charge in [-0.2, -0.15) is 0 Å². The molecular formula is C27H30ClF2N5O6. The molecule has 0 saturated carbocycles. The molecule has 3 amide bonds. The van der Waals surface area contributed by atoms with Crippen LogP contribution in [0.4, 0.5) is 24.2 Å². The van der Waals surface area contributed by atoms with Gasteiger partial charge in [0.25, 0.3) is 0 Å². The molecule has 14 heteroatoms. The van der Waals surface area contributed by atoms with E-state index in [1.807, 2.05) is 0 Å². The lowest BCUT2D eigenvalue weighted by molar-refractivity contribution is -0.146. The molecule has 0 fully saturated rings. The molecule has 0 aliphatic carbocycles. The number of nitrogens with zero attached hydrogens (tertiary/aromatic N) is 2. The number of anilines is 1. The van der Waals surface area contributed by atoms with Crippen LogP contribution in [0, 0.1) is 11.6 Å². The molecule has 2 aromatic carbocycles. The van der Waals surface area contributed by atoms with Crippen LogP contribution in [0.25, 0.3) is 10.8 Å². The van der Waals surface area contributed by atoms with E-state index >= 15 is 0 Å². The minimum Gasteiger partial charge on any atom is -0.464 e. The Labute approximate surface area is 239 Å². The molecule has 0 radical (unpaired) electrons. The van der Waals surface area contributed by atoms with Crippen LogP contribution < -0.4 is 16.4 Å². The lowest BCUT2D eigenvalue weighted by atomic mass is 10.1. The SMILES string of the molecule is CN(C(=O)NCc1cccc(F)c1Cl)[C@@H](CCCOC(=O)[C@H](N)CO)COC(=O)Nc1cc2cc(F)ccc2cn1. The van der Waals surface area contributed by atoms with E-state index < -0.39 is 48.4 Å².